The van der Waals surface area contributed by atoms with Gasteiger partial charge in [0.1, 0.15) is 5.60 Å². The molecule has 1 aliphatic heterocycles. The van der Waals surface area contributed by atoms with Gasteiger partial charge in [-0.05, 0) is 37.5 Å². The molecule has 3 rings (SSSR count). The van der Waals surface area contributed by atoms with Crippen LogP contribution in [-0.4, -0.2) is 5.60 Å². The highest BCUT2D eigenvalue weighted by molar-refractivity contribution is 5.81. The maximum Gasteiger partial charge on any atom is 0.107 e. The van der Waals surface area contributed by atoms with Crippen molar-refractivity contribution in [2.75, 3.05) is 0 Å². The fourth-order valence-electron chi connectivity index (χ4n) is 2.76. The van der Waals surface area contributed by atoms with E-state index < -0.39 is 0 Å². The van der Waals surface area contributed by atoms with Gasteiger partial charge >= 0.3 is 0 Å². The minimum absolute atomic E-state index is 0.165. The standard InChI is InChI=1S/C19H20O/c1-14-7-6-9-15(11-14)18-13-20-19(2,3)12-16-8-4-5-10-17(16)18/h4-11,13H,12H2,1-3H3. The molecule has 1 heteroatoms. The van der Waals surface area contributed by atoms with E-state index in [0.29, 0.717) is 0 Å². The van der Waals surface area contributed by atoms with Crippen molar-refractivity contribution in [2.45, 2.75) is 32.8 Å². The van der Waals surface area contributed by atoms with Crippen LogP contribution >= 0.6 is 0 Å². The topological polar surface area (TPSA) is 9.23 Å². The van der Waals surface area contributed by atoms with Gasteiger partial charge in [-0.25, -0.2) is 0 Å². The van der Waals surface area contributed by atoms with Crippen molar-refractivity contribution in [1.29, 1.82) is 0 Å². The van der Waals surface area contributed by atoms with Crippen LogP contribution in [0.3, 0.4) is 0 Å². The zero-order valence-corrected chi connectivity index (χ0v) is 12.3. The lowest BCUT2D eigenvalue weighted by Crippen LogP contribution is -2.24. The number of hydrogen-bond donors (Lipinski definition) is 0. The quantitative estimate of drug-likeness (QED) is 0.723. The van der Waals surface area contributed by atoms with Crippen LogP contribution in [-0.2, 0) is 11.2 Å². The number of benzene rings is 2. The largest absolute Gasteiger partial charge is 0.494 e. The molecule has 0 unspecified atom stereocenters. The van der Waals surface area contributed by atoms with Crippen LogP contribution in [0.2, 0.25) is 0 Å². The first-order chi connectivity index (χ1) is 9.55. The molecule has 1 nitrogen and oxygen atoms in total. The van der Waals surface area contributed by atoms with Crippen LogP contribution < -0.4 is 0 Å². The number of rotatable bonds is 1. The SMILES string of the molecule is Cc1cccc(C2=COC(C)(C)Cc3ccccc32)c1. The Labute approximate surface area is 120 Å². The molecule has 0 atom stereocenters. The summed E-state index contributed by atoms with van der Waals surface area (Å²) in [7, 11) is 0. The normalized spacial score (nSPS) is 16.6. The first-order valence-electron chi connectivity index (χ1n) is 7.08. The third kappa shape index (κ3) is 2.49. The predicted octanol–water partition coefficient (Wildman–Crippen LogP) is 4.74. The Morgan fingerprint density at radius 2 is 1.80 bits per heavy atom. The van der Waals surface area contributed by atoms with Crippen LogP contribution in [0.1, 0.15) is 36.1 Å². The number of hydrogen-bond acceptors (Lipinski definition) is 1. The van der Waals surface area contributed by atoms with Gasteiger partial charge in [0.15, 0.2) is 0 Å². The summed E-state index contributed by atoms with van der Waals surface area (Å²) in [6, 6.07) is 17.2. The number of ether oxygens (including phenoxy) is 1. The minimum atomic E-state index is -0.165. The fraction of sp³-hybridized carbons (Fsp3) is 0.263. The van der Waals surface area contributed by atoms with E-state index in [2.05, 4.69) is 69.3 Å². The van der Waals surface area contributed by atoms with Crippen molar-refractivity contribution in [3.63, 3.8) is 0 Å². The maximum atomic E-state index is 6.02. The summed E-state index contributed by atoms with van der Waals surface area (Å²) in [6.45, 7) is 6.40. The first kappa shape index (κ1) is 13.0. The van der Waals surface area contributed by atoms with Crippen LogP contribution in [0.5, 0.6) is 0 Å². The van der Waals surface area contributed by atoms with E-state index in [9.17, 15) is 0 Å². The van der Waals surface area contributed by atoms with Crippen molar-refractivity contribution in [3.05, 3.63) is 77.0 Å². The molecule has 2 aromatic carbocycles. The molecule has 1 aliphatic rings. The lowest BCUT2D eigenvalue weighted by molar-refractivity contribution is 0.0609. The van der Waals surface area contributed by atoms with E-state index in [0.717, 1.165) is 6.42 Å². The zero-order valence-electron chi connectivity index (χ0n) is 12.3. The Morgan fingerprint density at radius 3 is 2.60 bits per heavy atom. The van der Waals surface area contributed by atoms with Gasteiger partial charge in [-0.1, -0.05) is 54.1 Å². The van der Waals surface area contributed by atoms with Crippen LogP contribution in [0.15, 0.2) is 54.8 Å². The fourth-order valence-corrected chi connectivity index (χ4v) is 2.76. The average molecular weight is 264 g/mol. The highest BCUT2D eigenvalue weighted by atomic mass is 16.5. The van der Waals surface area contributed by atoms with E-state index in [1.54, 1.807) is 0 Å². The van der Waals surface area contributed by atoms with Crippen LogP contribution in [0, 0.1) is 6.92 Å². The van der Waals surface area contributed by atoms with Gasteiger partial charge in [0, 0.05) is 12.0 Å². The van der Waals surface area contributed by atoms with Gasteiger partial charge in [-0.2, -0.15) is 0 Å². The summed E-state index contributed by atoms with van der Waals surface area (Å²) >= 11 is 0. The van der Waals surface area contributed by atoms with Gasteiger partial charge < -0.3 is 4.74 Å². The molecule has 2 aromatic rings. The molecular weight excluding hydrogens is 244 g/mol. The maximum absolute atomic E-state index is 6.02. The second-order valence-corrected chi connectivity index (χ2v) is 6.11. The molecule has 0 aromatic heterocycles. The van der Waals surface area contributed by atoms with Crippen LogP contribution in [0.4, 0.5) is 0 Å². The lowest BCUT2D eigenvalue weighted by atomic mass is 9.90. The molecule has 0 saturated carbocycles. The Hall–Kier alpha value is -2.02. The molecule has 102 valence electrons. The Balaban J connectivity index is 2.17. The smallest absolute Gasteiger partial charge is 0.107 e. The highest BCUT2D eigenvalue weighted by Gasteiger charge is 2.25. The van der Waals surface area contributed by atoms with Crippen molar-refractivity contribution < 1.29 is 4.74 Å². The van der Waals surface area contributed by atoms with Crippen LogP contribution in [0.25, 0.3) is 5.57 Å². The summed E-state index contributed by atoms with van der Waals surface area (Å²) in [5, 5.41) is 0. The van der Waals surface area contributed by atoms with E-state index in [1.165, 1.54) is 27.8 Å². The van der Waals surface area contributed by atoms with Crippen molar-refractivity contribution in [2.24, 2.45) is 0 Å². The monoisotopic (exact) mass is 264 g/mol. The van der Waals surface area contributed by atoms with E-state index in [4.69, 9.17) is 4.74 Å². The van der Waals surface area contributed by atoms with Crippen molar-refractivity contribution in [3.8, 4) is 0 Å². The Bertz CT molecular complexity index is 665. The third-order valence-electron chi connectivity index (χ3n) is 3.75. The molecular formula is C19H20O. The second kappa shape index (κ2) is 4.82. The molecule has 0 N–H and O–H groups in total. The lowest BCUT2D eigenvalue weighted by Gasteiger charge is -2.22. The predicted molar refractivity (Wildman–Crippen MR) is 83.6 cm³/mol. The first-order valence-corrected chi connectivity index (χ1v) is 7.08. The van der Waals surface area contributed by atoms with Gasteiger partial charge in [-0.15, -0.1) is 0 Å². The second-order valence-electron chi connectivity index (χ2n) is 6.11. The number of aryl methyl sites for hydroxylation is 1. The zero-order chi connectivity index (χ0) is 14.2. The van der Waals surface area contributed by atoms with Crippen molar-refractivity contribution >= 4 is 5.57 Å². The molecule has 0 saturated heterocycles. The average Bonchev–Trinajstić information content (AvgIpc) is 2.53. The van der Waals surface area contributed by atoms with E-state index in [-0.39, 0.29) is 5.60 Å². The highest BCUT2D eigenvalue weighted by Crippen LogP contribution is 2.33. The van der Waals surface area contributed by atoms with Crippen molar-refractivity contribution in [1.82, 2.24) is 0 Å². The Kier molecular flexibility index (Phi) is 3.13. The van der Waals surface area contributed by atoms with Gasteiger partial charge in [-0.3, -0.25) is 0 Å². The molecule has 0 amide bonds. The summed E-state index contributed by atoms with van der Waals surface area (Å²) in [5.41, 5.74) is 6.13. The molecule has 0 radical (unpaired) electrons. The summed E-state index contributed by atoms with van der Waals surface area (Å²) in [5.74, 6) is 0. The molecule has 20 heavy (non-hydrogen) atoms. The minimum Gasteiger partial charge on any atom is -0.494 e. The summed E-state index contributed by atoms with van der Waals surface area (Å²) in [6.07, 6.45) is 2.86. The molecule has 0 aliphatic carbocycles. The van der Waals surface area contributed by atoms with Gasteiger partial charge in [0.2, 0.25) is 0 Å². The van der Waals surface area contributed by atoms with Gasteiger partial charge in [0.25, 0.3) is 0 Å². The molecule has 0 spiro atoms. The van der Waals surface area contributed by atoms with E-state index >= 15 is 0 Å². The summed E-state index contributed by atoms with van der Waals surface area (Å²) < 4.78 is 6.02. The molecule has 0 fully saturated rings. The summed E-state index contributed by atoms with van der Waals surface area (Å²) in [4.78, 5) is 0. The molecule has 1 heterocycles. The number of fused-ring (bicyclic) bond motifs is 1. The Morgan fingerprint density at radius 1 is 1.00 bits per heavy atom. The molecule has 0 bridgehead atoms. The third-order valence-corrected chi connectivity index (χ3v) is 3.75. The van der Waals surface area contributed by atoms with E-state index in [1.807, 2.05) is 6.26 Å². The van der Waals surface area contributed by atoms with Gasteiger partial charge in [0.05, 0.1) is 6.26 Å².